The van der Waals surface area contributed by atoms with Crippen LogP contribution in [0.15, 0.2) is 479 Å². The van der Waals surface area contributed by atoms with E-state index in [1.807, 2.05) is 0 Å². The predicted molar refractivity (Wildman–Crippen MR) is 550 cm³/mol. The van der Waals surface area contributed by atoms with Gasteiger partial charge in [0.15, 0.2) is 24.2 Å². The van der Waals surface area contributed by atoms with Gasteiger partial charge < -0.3 is 14.4 Å². The molecule has 0 saturated heterocycles. The van der Waals surface area contributed by atoms with E-state index in [1.54, 1.807) is 0 Å². The number of nitrogens with zero attached hydrogens (tertiary/aromatic N) is 3. The normalized spacial score (nSPS) is 12.6. The van der Waals surface area contributed by atoms with Crippen LogP contribution < -0.4 is 88.4 Å². The summed E-state index contributed by atoms with van der Waals surface area (Å²) >= 11 is 0. The first-order chi connectivity index (χ1) is 62.4. The second-order valence-corrected chi connectivity index (χ2v) is 47.0. The maximum atomic E-state index is 2.67. The highest BCUT2D eigenvalue weighted by Gasteiger charge is 2.48. The molecule has 19 aromatic carbocycles. The first-order valence-electron chi connectivity index (χ1n) is 44.5. The number of aromatic nitrogens is 1. The summed E-state index contributed by atoms with van der Waals surface area (Å²) < 4.78 is 2.57. The van der Waals surface area contributed by atoms with Gasteiger partial charge in [0.1, 0.15) is 0 Å². The molecule has 20 aromatic rings. The van der Waals surface area contributed by atoms with Gasteiger partial charge in [-0.1, -0.05) is 438 Å². The van der Waals surface area contributed by atoms with Crippen LogP contribution in [-0.2, 0) is 5.41 Å². The summed E-state index contributed by atoms with van der Waals surface area (Å²) in [6.45, 7) is 11.3. The molecule has 3 heterocycles. The van der Waals surface area contributed by atoms with Crippen LogP contribution in [0.5, 0.6) is 0 Å². The Morgan fingerprint density at radius 3 is 0.843 bits per heavy atom. The minimum absolute atomic E-state index is 0.192. The van der Waals surface area contributed by atoms with Gasteiger partial charge >= 0.3 is 0 Å². The highest BCUT2D eigenvalue weighted by molar-refractivity contribution is 7.21. The molecule has 0 N–H and O–H groups in total. The molecule has 7 heteroatoms. The minimum Gasteiger partial charge on any atom is -0.311 e. The summed E-state index contributed by atoms with van der Waals surface area (Å²) in [6.07, 6.45) is 0. The number of hydrogen-bond donors (Lipinski definition) is 0. The van der Waals surface area contributed by atoms with Crippen molar-refractivity contribution in [1.82, 2.24) is 4.57 Å². The topological polar surface area (TPSA) is 11.4 Å². The van der Waals surface area contributed by atoms with Crippen molar-refractivity contribution in [2.24, 2.45) is 0 Å². The van der Waals surface area contributed by atoms with Crippen LogP contribution in [0.25, 0.3) is 60.9 Å². The standard InChI is InChI=1S/C120H94BN3Si3/c1-85-66-71-113-109(74-85)110-75-86(2)67-72-114(110)124(113)96-83-117-119-118(84-96)123(95-44-34-39-88(77-95)90-41-36-64-107(79-90)126(100-51-21-9-22-52-100,101-53-23-10-24-54-101)102-55-25-11-26-56-102)116-81-92(91-42-37-65-108(80-91)127(103-57-27-12-28-58-103,104-59-29-13-30-60-104)105-61-31-14-32-62-105)68-70-111(116)121(119)112-82-93(120(3,4)5)69-73-115(112)122(117)94-43-33-38-87(76-94)89-40-35-63-106(78-89)125(97-45-15-6-16-46-97,98-47-17-7-18-48-98)99-49-19-8-20-50-99/h6-84H,1-5H3. The molecule has 0 unspecified atom stereocenters. The van der Waals surface area contributed by atoms with Gasteiger partial charge in [-0.3, -0.25) is 0 Å². The molecule has 604 valence electrons. The average molecular weight is 1670 g/mol. The Bertz CT molecular complexity index is 7160. The smallest absolute Gasteiger partial charge is 0.252 e. The lowest BCUT2D eigenvalue weighted by Crippen LogP contribution is -2.74. The van der Waals surface area contributed by atoms with Crippen LogP contribution in [0.2, 0.25) is 0 Å². The maximum absolute atomic E-state index is 2.99. The molecule has 0 bridgehead atoms. The zero-order valence-electron chi connectivity index (χ0n) is 72.0. The molecular weight excluding hydrogens is 1580 g/mol. The fraction of sp³-hybridized carbons (Fsp3) is 0.0500. The van der Waals surface area contributed by atoms with Gasteiger partial charge in [0.05, 0.1) is 16.7 Å². The van der Waals surface area contributed by atoms with Crippen LogP contribution >= 0.6 is 0 Å². The molecule has 0 fully saturated rings. The molecule has 2 aliphatic rings. The summed E-state index contributed by atoms with van der Waals surface area (Å²) in [4.78, 5) is 5.31. The summed E-state index contributed by atoms with van der Waals surface area (Å²) in [6, 6.07) is 184. The molecule has 0 radical (unpaired) electrons. The summed E-state index contributed by atoms with van der Waals surface area (Å²) in [7, 11) is -8.91. The van der Waals surface area contributed by atoms with E-state index in [0.29, 0.717) is 0 Å². The molecule has 2 aliphatic heterocycles. The third-order valence-corrected chi connectivity index (χ3v) is 41.5. The first kappa shape index (κ1) is 78.3. The average Bonchev–Trinajstić information content (AvgIpc) is 1.46. The van der Waals surface area contributed by atoms with E-state index in [0.717, 1.165) is 84.2 Å². The van der Waals surface area contributed by atoms with Gasteiger partial charge in [0.25, 0.3) is 6.71 Å². The third-order valence-electron chi connectivity index (χ3n) is 27.2. The Labute approximate surface area is 749 Å². The minimum atomic E-state index is -2.99. The number of hydrogen-bond acceptors (Lipinski definition) is 2. The van der Waals surface area contributed by atoms with Crippen LogP contribution in [-0.4, -0.2) is 35.5 Å². The zero-order valence-corrected chi connectivity index (χ0v) is 75.0. The fourth-order valence-electron chi connectivity index (χ4n) is 21.5. The molecule has 1 aromatic heterocycles. The van der Waals surface area contributed by atoms with Gasteiger partial charge in [-0.25, -0.2) is 0 Å². The van der Waals surface area contributed by atoms with Crippen molar-refractivity contribution in [2.45, 2.75) is 40.0 Å². The van der Waals surface area contributed by atoms with E-state index in [4.69, 9.17) is 0 Å². The number of rotatable bonds is 18. The van der Waals surface area contributed by atoms with E-state index in [1.165, 1.54) is 106 Å². The summed E-state index contributed by atoms with van der Waals surface area (Å²) in [5.74, 6) is 0. The van der Waals surface area contributed by atoms with Crippen molar-refractivity contribution in [2.75, 3.05) is 9.80 Å². The van der Waals surface area contributed by atoms with Crippen LogP contribution in [0, 0.1) is 13.8 Å². The highest BCUT2D eigenvalue weighted by atomic mass is 28.3. The van der Waals surface area contributed by atoms with Gasteiger partial charge in [-0.2, -0.15) is 0 Å². The van der Waals surface area contributed by atoms with Crippen LogP contribution in [0.4, 0.5) is 34.1 Å². The van der Waals surface area contributed by atoms with Gasteiger partial charge in [0.2, 0.25) is 0 Å². The molecular formula is C120H94BN3Si3. The van der Waals surface area contributed by atoms with Crippen LogP contribution in [0.3, 0.4) is 0 Å². The first-order valence-corrected chi connectivity index (χ1v) is 50.5. The quantitative estimate of drug-likeness (QED) is 0.0627. The number of fused-ring (bicyclic) bond motifs is 7. The Morgan fingerprint density at radius 1 is 0.213 bits per heavy atom. The van der Waals surface area contributed by atoms with Crippen molar-refractivity contribution < 1.29 is 0 Å². The van der Waals surface area contributed by atoms with Crippen LogP contribution in [0.1, 0.15) is 37.5 Å². The van der Waals surface area contributed by atoms with Crippen molar-refractivity contribution in [3.05, 3.63) is 496 Å². The second kappa shape index (κ2) is 32.1. The highest BCUT2D eigenvalue weighted by Crippen LogP contribution is 2.49. The second-order valence-electron chi connectivity index (χ2n) is 35.6. The van der Waals surface area contributed by atoms with Crippen molar-refractivity contribution in [3.63, 3.8) is 0 Å². The Hall–Kier alpha value is -14.7. The monoisotopic (exact) mass is 1670 g/mol. The molecule has 0 aliphatic carbocycles. The summed E-state index contributed by atoms with van der Waals surface area (Å²) in [5.41, 5.74) is 24.2. The Morgan fingerprint density at radius 2 is 0.512 bits per heavy atom. The van der Waals surface area contributed by atoms with Crippen molar-refractivity contribution in [3.8, 4) is 39.1 Å². The molecule has 0 atom stereocenters. The number of anilines is 6. The Balaban J connectivity index is 0.813. The lowest BCUT2D eigenvalue weighted by molar-refractivity contribution is 0.591. The zero-order chi connectivity index (χ0) is 85.4. The molecule has 127 heavy (non-hydrogen) atoms. The van der Waals surface area contributed by atoms with Crippen molar-refractivity contribution >= 4 is 165 Å². The lowest BCUT2D eigenvalue weighted by Gasteiger charge is -2.45. The molecule has 0 saturated carbocycles. The van der Waals surface area contributed by atoms with E-state index in [2.05, 4.69) is 528 Å². The van der Waals surface area contributed by atoms with E-state index >= 15 is 0 Å². The number of benzene rings is 19. The molecule has 0 amide bonds. The van der Waals surface area contributed by atoms with Gasteiger partial charge in [-0.05, 0) is 210 Å². The predicted octanol–water partition coefficient (Wildman–Crippen LogP) is 19.9. The van der Waals surface area contributed by atoms with E-state index < -0.39 is 24.2 Å². The molecule has 0 spiro atoms. The van der Waals surface area contributed by atoms with E-state index in [-0.39, 0.29) is 12.1 Å². The van der Waals surface area contributed by atoms with Crippen molar-refractivity contribution in [1.29, 1.82) is 0 Å². The molecule has 3 nitrogen and oxygen atoms in total. The molecule has 22 rings (SSSR count). The summed E-state index contributed by atoms with van der Waals surface area (Å²) in [5, 5.41) is 18.5. The third kappa shape index (κ3) is 13.2. The number of aryl methyl sites for hydroxylation is 2. The van der Waals surface area contributed by atoms with Gasteiger partial charge in [0, 0.05) is 44.9 Å². The SMILES string of the molecule is Cc1ccc2c(c1)c1cc(C)ccc1n2-c1cc2c3c(c1)N(c1cccc(-c4cccc([Si](c5ccccc5)(c5ccccc5)c5ccccc5)c4)c1)c1cc(-c4cccc([Si](c5ccccc5)(c5ccccc5)c5ccccc5)c4)ccc1B3c1cc(C(C)(C)C)ccc1N2c1cccc(-c2cccc([Si](c3ccccc3)(c3ccccc3)c3ccccc3)c2)c1. The fourth-order valence-corrected chi connectivity index (χ4v) is 35.9. The van der Waals surface area contributed by atoms with Gasteiger partial charge in [-0.15, -0.1) is 0 Å². The lowest BCUT2D eigenvalue weighted by atomic mass is 9.33. The largest absolute Gasteiger partial charge is 0.311 e. The van der Waals surface area contributed by atoms with E-state index in [9.17, 15) is 0 Å². The Kier molecular flexibility index (Phi) is 19.8. The maximum Gasteiger partial charge on any atom is 0.252 e.